The molecule has 1 N–H and O–H groups in total. The topological polar surface area (TPSA) is 59.3 Å². The number of hydrogen-bond donors (Lipinski definition) is 1. The van der Waals surface area contributed by atoms with Crippen LogP contribution in [0.4, 0.5) is 0 Å². The van der Waals surface area contributed by atoms with E-state index in [-0.39, 0.29) is 5.91 Å². The van der Waals surface area contributed by atoms with Gasteiger partial charge in [0.05, 0.1) is 6.21 Å². The van der Waals surface area contributed by atoms with Crippen molar-refractivity contribution in [3.05, 3.63) is 46.9 Å². The van der Waals surface area contributed by atoms with Crippen molar-refractivity contribution >= 4 is 12.1 Å². The molecular weight excluding hydrogens is 252 g/mol. The van der Waals surface area contributed by atoms with Crippen molar-refractivity contribution in [2.75, 3.05) is 0 Å². The molecule has 0 aliphatic rings. The molecule has 20 heavy (non-hydrogen) atoms. The summed E-state index contributed by atoms with van der Waals surface area (Å²) in [5, 5.41) is 3.91. The third kappa shape index (κ3) is 2.93. The molecular formula is C15H18N4O. The summed E-state index contributed by atoms with van der Waals surface area (Å²) in [5.74, 6) is 0.694. The first kappa shape index (κ1) is 14.0. The molecule has 2 aromatic heterocycles. The Morgan fingerprint density at radius 3 is 2.70 bits per heavy atom. The SMILES string of the molecule is CC(=O)N/N=C\c1cc(C)n(-c2ccc(C)cn2)c1C. The van der Waals surface area contributed by atoms with Crippen LogP contribution in [0, 0.1) is 20.8 Å². The highest BCUT2D eigenvalue weighted by Gasteiger charge is 2.10. The van der Waals surface area contributed by atoms with Crippen LogP contribution < -0.4 is 5.43 Å². The minimum absolute atomic E-state index is 0.185. The first-order valence-corrected chi connectivity index (χ1v) is 6.40. The molecule has 0 saturated carbocycles. The van der Waals surface area contributed by atoms with Crippen LogP contribution in [0.1, 0.15) is 29.4 Å². The smallest absolute Gasteiger partial charge is 0.236 e. The fourth-order valence-corrected chi connectivity index (χ4v) is 2.06. The first-order valence-electron chi connectivity index (χ1n) is 6.40. The van der Waals surface area contributed by atoms with Crippen molar-refractivity contribution in [1.82, 2.24) is 15.0 Å². The van der Waals surface area contributed by atoms with Gasteiger partial charge in [0, 0.05) is 30.1 Å². The Morgan fingerprint density at radius 1 is 1.35 bits per heavy atom. The van der Waals surface area contributed by atoms with Crippen LogP contribution in [0.15, 0.2) is 29.5 Å². The second-order valence-corrected chi connectivity index (χ2v) is 4.78. The molecule has 104 valence electrons. The van der Waals surface area contributed by atoms with Gasteiger partial charge in [0.25, 0.3) is 0 Å². The standard InChI is InChI=1S/C15H18N4O/c1-10-5-6-15(16-8-10)19-11(2)7-14(12(19)3)9-17-18-13(4)20/h5-9H,1-4H3,(H,18,20)/b17-9-. The Hall–Kier alpha value is -2.43. The highest BCUT2D eigenvalue weighted by Crippen LogP contribution is 2.18. The number of nitrogens with one attached hydrogen (secondary N) is 1. The maximum Gasteiger partial charge on any atom is 0.236 e. The Kier molecular flexibility index (Phi) is 3.98. The molecule has 0 atom stereocenters. The van der Waals surface area contributed by atoms with Gasteiger partial charge in [0.1, 0.15) is 5.82 Å². The van der Waals surface area contributed by atoms with E-state index in [0.29, 0.717) is 0 Å². The van der Waals surface area contributed by atoms with E-state index in [4.69, 9.17) is 0 Å². The average Bonchev–Trinajstić information content (AvgIpc) is 2.66. The van der Waals surface area contributed by atoms with E-state index in [1.54, 1.807) is 6.21 Å². The van der Waals surface area contributed by atoms with Crippen LogP contribution >= 0.6 is 0 Å². The fourth-order valence-electron chi connectivity index (χ4n) is 2.06. The zero-order valence-corrected chi connectivity index (χ0v) is 12.1. The molecule has 1 amide bonds. The van der Waals surface area contributed by atoms with E-state index in [1.807, 2.05) is 45.2 Å². The second kappa shape index (κ2) is 5.69. The third-order valence-corrected chi connectivity index (χ3v) is 3.02. The predicted octanol–water partition coefficient (Wildman–Crippen LogP) is 2.27. The molecule has 0 bridgehead atoms. The summed E-state index contributed by atoms with van der Waals surface area (Å²) < 4.78 is 2.06. The monoisotopic (exact) mass is 270 g/mol. The van der Waals surface area contributed by atoms with Crippen molar-refractivity contribution in [1.29, 1.82) is 0 Å². The maximum absolute atomic E-state index is 10.8. The van der Waals surface area contributed by atoms with E-state index in [9.17, 15) is 4.79 Å². The second-order valence-electron chi connectivity index (χ2n) is 4.78. The Balaban J connectivity index is 2.36. The molecule has 0 aliphatic carbocycles. The summed E-state index contributed by atoms with van der Waals surface area (Å²) in [4.78, 5) is 15.2. The molecule has 0 aromatic carbocycles. The lowest BCUT2D eigenvalue weighted by Gasteiger charge is -2.08. The van der Waals surface area contributed by atoms with Crippen molar-refractivity contribution in [3.63, 3.8) is 0 Å². The van der Waals surface area contributed by atoms with Gasteiger partial charge in [-0.25, -0.2) is 10.4 Å². The summed E-state index contributed by atoms with van der Waals surface area (Å²) in [6.07, 6.45) is 3.49. The van der Waals surface area contributed by atoms with Gasteiger partial charge in [-0.05, 0) is 38.5 Å². The molecule has 2 heterocycles. The number of hydrazone groups is 1. The zero-order chi connectivity index (χ0) is 14.7. The molecule has 0 spiro atoms. The predicted molar refractivity (Wildman–Crippen MR) is 79.2 cm³/mol. The van der Waals surface area contributed by atoms with E-state index >= 15 is 0 Å². The van der Waals surface area contributed by atoms with Crippen molar-refractivity contribution in [3.8, 4) is 5.82 Å². The molecule has 0 saturated heterocycles. The number of carbonyl (C=O) groups is 1. The molecule has 0 aliphatic heterocycles. The maximum atomic E-state index is 10.8. The van der Waals surface area contributed by atoms with Gasteiger partial charge in [-0.3, -0.25) is 4.79 Å². The first-order chi connectivity index (χ1) is 9.49. The average molecular weight is 270 g/mol. The molecule has 2 aromatic rings. The third-order valence-electron chi connectivity index (χ3n) is 3.02. The highest BCUT2D eigenvalue weighted by atomic mass is 16.2. The lowest BCUT2D eigenvalue weighted by atomic mass is 10.3. The van der Waals surface area contributed by atoms with Crippen LogP contribution in [0.3, 0.4) is 0 Å². The molecule has 0 fully saturated rings. The number of rotatable bonds is 3. The minimum Gasteiger partial charge on any atom is -0.303 e. The van der Waals surface area contributed by atoms with Gasteiger partial charge in [0.2, 0.25) is 5.91 Å². The Bertz CT molecular complexity index is 653. The summed E-state index contributed by atoms with van der Waals surface area (Å²) >= 11 is 0. The van der Waals surface area contributed by atoms with Gasteiger partial charge >= 0.3 is 0 Å². The minimum atomic E-state index is -0.185. The molecule has 0 radical (unpaired) electrons. The van der Waals surface area contributed by atoms with Gasteiger partial charge in [-0.15, -0.1) is 0 Å². The largest absolute Gasteiger partial charge is 0.303 e. The summed E-state index contributed by atoms with van der Waals surface area (Å²) in [6.45, 7) is 7.46. The van der Waals surface area contributed by atoms with Crippen molar-refractivity contribution in [2.24, 2.45) is 5.10 Å². The number of hydrogen-bond acceptors (Lipinski definition) is 3. The fraction of sp³-hybridized carbons (Fsp3) is 0.267. The number of amides is 1. The van der Waals surface area contributed by atoms with Gasteiger partial charge < -0.3 is 4.57 Å². The molecule has 0 unspecified atom stereocenters. The summed E-state index contributed by atoms with van der Waals surface area (Å²) in [7, 11) is 0. The number of aryl methyl sites for hydroxylation is 2. The van der Waals surface area contributed by atoms with E-state index in [2.05, 4.69) is 20.1 Å². The van der Waals surface area contributed by atoms with Gasteiger partial charge in [-0.2, -0.15) is 5.10 Å². The molecule has 5 nitrogen and oxygen atoms in total. The highest BCUT2D eigenvalue weighted by molar-refractivity contribution is 5.83. The number of carbonyl (C=O) groups excluding carboxylic acids is 1. The van der Waals surface area contributed by atoms with Gasteiger partial charge in [-0.1, -0.05) is 6.07 Å². The van der Waals surface area contributed by atoms with Crippen LogP contribution in [-0.2, 0) is 4.79 Å². The van der Waals surface area contributed by atoms with E-state index in [0.717, 1.165) is 28.3 Å². The Morgan fingerprint density at radius 2 is 2.10 bits per heavy atom. The lowest BCUT2D eigenvalue weighted by molar-refractivity contribution is -0.118. The van der Waals surface area contributed by atoms with Crippen LogP contribution in [0.2, 0.25) is 0 Å². The number of aromatic nitrogens is 2. The summed E-state index contributed by atoms with van der Waals surface area (Å²) in [6, 6.07) is 6.04. The number of nitrogens with zero attached hydrogens (tertiary/aromatic N) is 3. The van der Waals surface area contributed by atoms with Crippen LogP contribution in [0.5, 0.6) is 0 Å². The quantitative estimate of drug-likeness (QED) is 0.687. The van der Waals surface area contributed by atoms with E-state index < -0.39 is 0 Å². The van der Waals surface area contributed by atoms with Gasteiger partial charge in [0.15, 0.2) is 0 Å². The zero-order valence-electron chi connectivity index (χ0n) is 12.1. The van der Waals surface area contributed by atoms with E-state index in [1.165, 1.54) is 6.92 Å². The molecule has 5 heteroatoms. The summed E-state index contributed by atoms with van der Waals surface area (Å²) in [5.41, 5.74) is 6.60. The van der Waals surface area contributed by atoms with Crippen molar-refractivity contribution < 1.29 is 4.79 Å². The van der Waals surface area contributed by atoms with Crippen molar-refractivity contribution in [2.45, 2.75) is 27.7 Å². The van der Waals surface area contributed by atoms with Crippen LogP contribution in [0.25, 0.3) is 5.82 Å². The molecule has 2 rings (SSSR count). The lowest BCUT2D eigenvalue weighted by Crippen LogP contribution is -2.12. The van der Waals surface area contributed by atoms with Crippen LogP contribution in [-0.4, -0.2) is 21.7 Å². The number of pyridine rings is 1. The Labute approximate surface area is 118 Å². The normalized spacial score (nSPS) is 11.0.